The van der Waals surface area contributed by atoms with E-state index in [1.807, 2.05) is 0 Å². The maximum atomic E-state index is 11.9. The summed E-state index contributed by atoms with van der Waals surface area (Å²) in [6, 6.07) is 14.6. The third-order valence-corrected chi connectivity index (χ3v) is 11.2. The summed E-state index contributed by atoms with van der Waals surface area (Å²) in [5.41, 5.74) is 9.18. The summed E-state index contributed by atoms with van der Waals surface area (Å²) < 4.78 is 10.9. The van der Waals surface area contributed by atoms with Crippen LogP contribution in [0.5, 0.6) is 0 Å². The second kappa shape index (κ2) is 16.2. The smallest absolute Gasteiger partial charge is 0.335 e. The van der Waals surface area contributed by atoms with Gasteiger partial charge < -0.3 is 14.6 Å². The summed E-state index contributed by atoms with van der Waals surface area (Å²) in [6.07, 6.45) is 18.8. The number of benzene rings is 2. The normalized spacial score (nSPS) is 24.1. The van der Waals surface area contributed by atoms with Crippen molar-refractivity contribution in [2.75, 3.05) is 26.9 Å². The number of carbonyl (C=O) groups excluding carboxylic acids is 1. The summed E-state index contributed by atoms with van der Waals surface area (Å²) >= 11 is 0. The lowest BCUT2D eigenvalue weighted by Crippen LogP contribution is -2.24. The zero-order valence-electron chi connectivity index (χ0n) is 27.5. The van der Waals surface area contributed by atoms with E-state index >= 15 is 0 Å². The van der Waals surface area contributed by atoms with E-state index in [1.165, 1.54) is 107 Å². The Labute approximate surface area is 266 Å². The van der Waals surface area contributed by atoms with E-state index in [9.17, 15) is 4.79 Å². The van der Waals surface area contributed by atoms with Gasteiger partial charge in [0.25, 0.3) is 0 Å². The van der Waals surface area contributed by atoms with Crippen LogP contribution < -0.4 is 0 Å². The number of rotatable bonds is 13. The van der Waals surface area contributed by atoms with E-state index in [4.69, 9.17) is 14.6 Å². The van der Waals surface area contributed by atoms with Gasteiger partial charge in [-0.15, -0.1) is 0 Å². The van der Waals surface area contributed by atoms with Gasteiger partial charge in [0.05, 0.1) is 18.8 Å². The standard InChI is InChI=1S/C40H56O4/c1-4-6-29-11-19-38-35(24-29)17-18-36-25-31(12-20-39(36)38)23-30-9-13-34(14-10-30)32-7-5-8-33(16-15-32)37(27-43-3)21-22-44-40(42)28(2)26-41/h11-12,19-20,24-25,30,32-34,37,41H,2,4-10,13-18,21-23,26-27H2,1,3H3. The van der Waals surface area contributed by atoms with Crippen molar-refractivity contribution in [1.29, 1.82) is 0 Å². The van der Waals surface area contributed by atoms with Gasteiger partial charge in [-0.2, -0.15) is 0 Å². The fourth-order valence-corrected chi connectivity index (χ4v) is 8.71. The van der Waals surface area contributed by atoms with Gasteiger partial charge in [0.15, 0.2) is 0 Å². The highest BCUT2D eigenvalue weighted by molar-refractivity contribution is 5.87. The lowest BCUT2D eigenvalue weighted by molar-refractivity contribution is -0.140. The third-order valence-electron chi connectivity index (χ3n) is 11.2. The molecule has 2 aromatic rings. The second-order valence-electron chi connectivity index (χ2n) is 14.1. The van der Waals surface area contributed by atoms with Crippen LogP contribution in [0.3, 0.4) is 0 Å². The van der Waals surface area contributed by atoms with E-state index in [-0.39, 0.29) is 12.2 Å². The molecule has 3 aliphatic rings. The zero-order chi connectivity index (χ0) is 30.9. The van der Waals surface area contributed by atoms with Crippen LogP contribution >= 0.6 is 0 Å². The molecular weight excluding hydrogens is 544 g/mol. The van der Waals surface area contributed by atoms with Crippen molar-refractivity contribution in [2.24, 2.45) is 29.6 Å². The Kier molecular flexibility index (Phi) is 12.2. The number of carbonyl (C=O) groups is 1. The predicted molar refractivity (Wildman–Crippen MR) is 180 cm³/mol. The van der Waals surface area contributed by atoms with Gasteiger partial charge in [0, 0.05) is 13.7 Å². The van der Waals surface area contributed by atoms with E-state index in [2.05, 4.69) is 49.9 Å². The minimum absolute atomic E-state index is 0.120. The molecule has 240 valence electrons. The molecule has 0 heterocycles. The molecule has 0 amide bonds. The number of methoxy groups -OCH3 is 1. The molecule has 0 bridgehead atoms. The maximum Gasteiger partial charge on any atom is 0.335 e. The number of aliphatic hydroxyl groups excluding tert-OH is 1. The first kappa shape index (κ1) is 32.9. The lowest BCUT2D eigenvalue weighted by atomic mass is 9.72. The number of ether oxygens (including phenoxy) is 2. The van der Waals surface area contributed by atoms with Crippen molar-refractivity contribution in [3.05, 3.63) is 70.8 Å². The highest BCUT2D eigenvalue weighted by Gasteiger charge is 2.32. The molecule has 0 saturated heterocycles. The summed E-state index contributed by atoms with van der Waals surface area (Å²) in [7, 11) is 1.77. The SMILES string of the molecule is C=C(CO)C(=O)OCCC(COC)C1CCCC(C2CCC(Cc3ccc4c(c3)CCc3cc(CCC)ccc3-4)CC2)CC1. The summed E-state index contributed by atoms with van der Waals surface area (Å²) in [5, 5.41) is 9.11. The van der Waals surface area contributed by atoms with Gasteiger partial charge in [0.1, 0.15) is 0 Å². The first-order chi connectivity index (χ1) is 21.5. The molecule has 2 fully saturated rings. The molecule has 3 atom stereocenters. The Morgan fingerprint density at radius 2 is 1.57 bits per heavy atom. The molecule has 4 heteroatoms. The summed E-state index contributed by atoms with van der Waals surface area (Å²) in [6.45, 7) is 6.57. The molecule has 0 radical (unpaired) electrons. The highest BCUT2D eigenvalue weighted by atomic mass is 16.5. The quantitative estimate of drug-likeness (QED) is 0.142. The Morgan fingerprint density at radius 1 is 0.909 bits per heavy atom. The Hall–Kier alpha value is -2.43. The highest BCUT2D eigenvalue weighted by Crippen LogP contribution is 2.43. The largest absolute Gasteiger partial charge is 0.462 e. The monoisotopic (exact) mass is 600 g/mol. The topological polar surface area (TPSA) is 55.8 Å². The van der Waals surface area contributed by atoms with E-state index in [0.29, 0.717) is 25.0 Å². The minimum Gasteiger partial charge on any atom is -0.462 e. The van der Waals surface area contributed by atoms with Crippen LogP contribution in [0.1, 0.15) is 99.8 Å². The molecular formula is C40H56O4. The zero-order valence-corrected chi connectivity index (χ0v) is 27.5. The van der Waals surface area contributed by atoms with E-state index in [1.54, 1.807) is 23.8 Å². The first-order valence-corrected chi connectivity index (χ1v) is 17.7. The van der Waals surface area contributed by atoms with Gasteiger partial charge in [-0.3, -0.25) is 0 Å². The summed E-state index contributed by atoms with van der Waals surface area (Å²) in [5.74, 6) is 3.12. The molecule has 2 saturated carbocycles. The Bertz CT molecular complexity index is 1240. The average Bonchev–Trinajstić information content (AvgIpc) is 3.30. The van der Waals surface area contributed by atoms with Crippen molar-refractivity contribution >= 4 is 5.97 Å². The predicted octanol–water partition coefficient (Wildman–Crippen LogP) is 8.69. The first-order valence-electron chi connectivity index (χ1n) is 17.7. The molecule has 44 heavy (non-hydrogen) atoms. The van der Waals surface area contributed by atoms with Gasteiger partial charge >= 0.3 is 5.97 Å². The number of hydrogen-bond acceptors (Lipinski definition) is 4. The fraction of sp³-hybridized carbons (Fsp3) is 0.625. The molecule has 0 spiro atoms. The molecule has 3 unspecified atom stereocenters. The van der Waals surface area contributed by atoms with Crippen molar-refractivity contribution in [1.82, 2.24) is 0 Å². The van der Waals surface area contributed by atoms with Gasteiger partial charge in [-0.1, -0.05) is 75.6 Å². The molecule has 4 nitrogen and oxygen atoms in total. The third kappa shape index (κ3) is 8.43. The van der Waals surface area contributed by atoms with Crippen LogP contribution in [0.25, 0.3) is 11.1 Å². The van der Waals surface area contributed by atoms with Crippen LogP contribution in [-0.2, 0) is 40.0 Å². The van der Waals surface area contributed by atoms with Gasteiger partial charge in [0.2, 0.25) is 0 Å². The van der Waals surface area contributed by atoms with Crippen molar-refractivity contribution in [2.45, 2.75) is 103 Å². The number of fused-ring (bicyclic) bond motifs is 3. The second-order valence-corrected chi connectivity index (χ2v) is 14.1. The maximum absolute atomic E-state index is 11.9. The Morgan fingerprint density at radius 3 is 2.25 bits per heavy atom. The van der Waals surface area contributed by atoms with Crippen molar-refractivity contribution in [3.8, 4) is 11.1 Å². The minimum atomic E-state index is -0.488. The van der Waals surface area contributed by atoms with Crippen molar-refractivity contribution < 1.29 is 19.4 Å². The van der Waals surface area contributed by atoms with Crippen LogP contribution in [0, 0.1) is 29.6 Å². The summed E-state index contributed by atoms with van der Waals surface area (Å²) in [4.78, 5) is 11.9. The fourth-order valence-electron chi connectivity index (χ4n) is 8.71. The molecule has 5 rings (SSSR count). The molecule has 0 aliphatic heterocycles. The number of hydrogen-bond donors (Lipinski definition) is 1. The van der Waals surface area contributed by atoms with Crippen LogP contribution in [-0.4, -0.2) is 38.0 Å². The van der Waals surface area contributed by atoms with Crippen LogP contribution in [0.2, 0.25) is 0 Å². The molecule has 0 aromatic heterocycles. The molecule has 1 N–H and O–H groups in total. The molecule has 3 aliphatic carbocycles. The average molecular weight is 601 g/mol. The van der Waals surface area contributed by atoms with Crippen LogP contribution in [0.4, 0.5) is 0 Å². The Balaban J connectivity index is 1.09. The van der Waals surface area contributed by atoms with Crippen LogP contribution in [0.15, 0.2) is 48.6 Å². The number of esters is 1. The van der Waals surface area contributed by atoms with E-state index < -0.39 is 5.97 Å². The molecule has 2 aromatic carbocycles. The van der Waals surface area contributed by atoms with Gasteiger partial charge in [-0.25, -0.2) is 4.79 Å². The van der Waals surface area contributed by atoms with Gasteiger partial charge in [-0.05, 0) is 134 Å². The van der Waals surface area contributed by atoms with Crippen molar-refractivity contribution in [3.63, 3.8) is 0 Å². The number of aliphatic hydroxyl groups is 1. The van der Waals surface area contributed by atoms with E-state index in [0.717, 1.165) is 24.2 Å². The lowest BCUT2D eigenvalue weighted by Gasteiger charge is -2.34. The number of aryl methyl sites for hydroxylation is 3.